The van der Waals surface area contributed by atoms with Crippen molar-refractivity contribution >= 4 is 46.0 Å². The molecule has 0 bridgehead atoms. The fraction of sp³-hybridized carbons (Fsp3) is 0.500. The molecule has 3 N–H and O–H groups in total. The summed E-state index contributed by atoms with van der Waals surface area (Å²) in [5.74, 6) is -1.79. The van der Waals surface area contributed by atoms with Crippen molar-refractivity contribution in [2.75, 3.05) is 0 Å². The minimum absolute atomic E-state index is 0.0597. The minimum atomic E-state index is -1.21. The van der Waals surface area contributed by atoms with Crippen molar-refractivity contribution in [2.45, 2.75) is 86.9 Å². The standard InChI is InChI=1S/C28H31Cl2FN2O3S/c1-26(2,3)13-20-28(17-9-8-14(29)10-19(17)37-25(28)35)21(16-6-5-7-18(30)22(16)31)23(33-20)24(34)32-15-11-27(4,36)12-15/h5-10,15,20-21,23,33,36H,11-13H2,1-4H3,(H,32,34)/t15-,20-,21+,23-,27+,28+/m1/s1. The van der Waals surface area contributed by atoms with Gasteiger partial charge >= 0.3 is 0 Å². The van der Waals surface area contributed by atoms with Crippen LogP contribution in [0.25, 0.3) is 0 Å². The molecule has 2 aromatic rings. The van der Waals surface area contributed by atoms with Gasteiger partial charge < -0.3 is 15.7 Å². The summed E-state index contributed by atoms with van der Waals surface area (Å²) in [5.41, 5.74) is -1.24. The van der Waals surface area contributed by atoms with Gasteiger partial charge in [-0.1, -0.05) is 73.9 Å². The lowest BCUT2D eigenvalue weighted by molar-refractivity contribution is -0.127. The van der Waals surface area contributed by atoms with E-state index < -0.39 is 34.8 Å². The molecule has 3 aliphatic rings. The number of fused-ring (bicyclic) bond motifs is 2. The molecule has 1 saturated carbocycles. The first-order valence-electron chi connectivity index (χ1n) is 12.5. The lowest BCUT2D eigenvalue weighted by Crippen LogP contribution is -2.57. The van der Waals surface area contributed by atoms with Crippen LogP contribution in [0.15, 0.2) is 41.3 Å². The van der Waals surface area contributed by atoms with Crippen LogP contribution in [0.3, 0.4) is 0 Å². The first-order valence-corrected chi connectivity index (χ1v) is 14.1. The van der Waals surface area contributed by atoms with Crippen LogP contribution in [0.1, 0.15) is 64.0 Å². The molecule has 37 heavy (non-hydrogen) atoms. The summed E-state index contributed by atoms with van der Waals surface area (Å²) in [5, 5.41) is 17.0. The van der Waals surface area contributed by atoms with E-state index in [2.05, 4.69) is 31.4 Å². The average Bonchev–Trinajstić information content (AvgIpc) is 3.23. The van der Waals surface area contributed by atoms with Crippen LogP contribution in [-0.4, -0.2) is 39.9 Å². The van der Waals surface area contributed by atoms with E-state index in [1.54, 1.807) is 31.2 Å². The molecule has 9 heteroatoms. The normalized spacial score (nSPS) is 32.9. The molecule has 2 fully saturated rings. The highest BCUT2D eigenvalue weighted by Gasteiger charge is 2.66. The zero-order valence-electron chi connectivity index (χ0n) is 21.2. The number of amides is 1. The van der Waals surface area contributed by atoms with Crippen molar-refractivity contribution in [1.82, 2.24) is 10.6 Å². The molecule has 5 nitrogen and oxygen atoms in total. The van der Waals surface area contributed by atoms with E-state index in [9.17, 15) is 14.7 Å². The Morgan fingerprint density at radius 1 is 1.24 bits per heavy atom. The number of rotatable bonds is 4. The van der Waals surface area contributed by atoms with Crippen molar-refractivity contribution in [2.24, 2.45) is 5.41 Å². The second kappa shape index (κ2) is 9.23. The van der Waals surface area contributed by atoms with Crippen molar-refractivity contribution in [3.05, 3.63) is 63.4 Å². The Labute approximate surface area is 230 Å². The Kier molecular flexibility index (Phi) is 6.72. The van der Waals surface area contributed by atoms with Crippen LogP contribution in [-0.2, 0) is 15.0 Å². The van der Waals surface area contributed by atoms with Gasteiger partial charge in [-0.25, -0.2) is 4.39 Å². The van der Waals surface area contributed by atoms with Crippen molar-refractivity contribution in [1.29, 1.82) is 0 Å². The third-order valence-electron chi connectivity index (χ3n) is 7.82. The number of hydrogen-bond donors (Lipinski definition) is 3. The van der Waals surface area contributed by atoms with Crippen LogP contribution < -0.4 is 10.6 Å². The molecule has 0 unspecified atom stereocenters. The van der Waals surface area contributed by atoms with Crippen LogP contribution in [0.5, 0.6) is 0 Å². The van der Waals surface area contributed by atoms with E-state index in [4.69, 9.17) is 23.2 Å². The van der Waals surface area contributed by atoms with E-state index in [1.165, 1.54) is 6.07 Å². The number of aliphatic hydroxyl groups is 1. The SMILES string of the molecule is CC(C)(C)C[C@H]1N[C@@H](C(=O)N[C@H]2C[C@@](C)(O)C2)[C@H](c2cccc(Cl)c2F)[C@@]12C(=O)Sc1cc(Cl)ccc12. The molecule has 2 aromatic carbocycles. The molecule has 2 aliphatic heterocycles. The van der Waals surface area contributed by atoms with Gasteiger partial charge in [-0.2, -0.15) is 0 Å². The third-order valence-corrected chi connectivity index (χ3v) is 9.43. The molecule has 1 saturated heterocycles. The van der Waals surface area contributed by atoms with E-state index in [0.29, 0.717) is 24.3 Å². The summed E-state index contributed by atoms with van der Waals surface area (Å²) < 4.78 is 15.7. The molecule has 0 radical (unpaired) electrons. The molecule has 4 atom stereocenters. The average molecular weight is 566 g/mol. The number of thioether (sulfide) groups is 1. The molecule has 2 heterocycles. The van der Waals surface area contributed by atoms with E-state index >= 15 is 4.39 Å². The molecule has 1 spiro atoms. The van der Waals surface area contributed by atoms with Crippen LogP contribution in [0, 0.1) is 11.2 Å². The Bertz CT molecular complexity index is 1270. The Morgan fingerprint density at radius 3 is 2.59 bits per heavy atom. The number of hydrogen-bond acceptors (Lipinski definition) is 5. The molecular formula is C28H31Cl2FN2O3S. The second-order valence-electron chi connectivity index (χ2n) is 12.1. The Morgan fingerprint density at radius 2 is 1.95 bits per heavy atom. The summed E-state index contributed by atoms with van der Waals surface area (Å²) in [7, 11) is 0. The van der Waals surface area contributed by atoms with Gasteiger partial charge in [-0.05, 0) is 60.9 Å². The molecule has 0 aromatic heterocycles. The number of benzene rings is 2. The number of carbonyl (C=O) groups is 2. The number of carbonyl (C=O) groups excluding carboxylic acids is 2. The molecular weight excluding hydrogens is 534 g/mol. The summed E-state index contributed by atoms with van der Waals surface area (Å²) in [6.07, 6.45) is 1.45. The maximum absolute atomic E-state index is 15.7. The highest BCUT2D eigenvalue weighted by atomic mass is 35.5. The monoisotopic (exact) mass is 564 g/mol. The third kappa shape index (κ3) is 4.61. The molecule has 5 rings (SSSR count). The van der Waals surface area contributed by atoms with Gasteiger partial charge in [0.1, 0.15) is 5.82 Å². The highest BCUT2D eigenvalue weighted by molar-refractivity contribution is 8.14. The maximum Gasteiger partial charge on any atom is 0.238 e. The van der Waals surface area contributed by atoms with Gasteiger partial charge in [-0.15, -0.1) is 0 Å². The summed E-state index contributed by atoms with van der Waals surface area (Å²) in [6.45, 7) is 7.97. The zero-order chi connectivity index (χ0) is 26.9. The maximum atomic E-state index is 15.7. The molecule has 1 aliphatic carbocycles. The number of halogens is 3. The lowest BCUT2D eigenvalue weighted by Gasteiger charge is -2.42. The highest BCUT2D eigenvalue weighted by Crippen LogP contribution is 2.60. The molecule has 1 amide bonds. The van der Waals surface area contributed by atoms with Gasteiger partial charge in [0.25, 0.3) is 0 Å². The van der Waals surface area contributed by atoms with E-state index in [0.717, 1.165) is 22.2 Å². The first-order chi connectivity index (χ1) is 17.2. The smallest absolute Gasteiger partial charge is 0.238 e. The topological polar surface area (TPSA) is 78.4 Å². The fourth-order valence-electron chi connectivity index (χ4n) is 6.40. The van der Waals surface area contributed by atoms with Crippen molar-refractivity contribution < 1.29 is 19.1 Å². The van der Waals surface area contributed by atoms with Gasteiger partial charge in [0.2, 0.25) is 11.0 Å². The zero-order valence-corrected chi connectivity index (χ0v) is 23.5. The van der Waals surface area contributed by atoms with E-state index in [-0.39, 0.29) is 33.1 Å². The number of nitrogens with one attached hydrogen (secondary N) is 2. The summed E-state index contributed by atoms with van der Waals surface area (Å²) >= 11 is 13.6. The predicted molar refractivity (Wildman–Crippen MR) is 145 cm³/mol. The first kappa shape index (κ1) is 26.9. The van der Waals surface area contributed by atoms with Gasteiger partial charge in [-0.3, -0.25) is 9.59 Å². The van der Waals surface area contributed by atoms with Crippen LogP contribution in [0.4, 0.5) is 4.39 Å². The van der Waals surface area contributed by atoms with Crippen molar-refractivity contribution in [3.8, 4) is 0 Å². The van der Waals surface area contributed by atoms with E-state index in [1.807, 2.05) is 6.07 Å². The van der Waals surface area contributed by atoms with Gasteiger partial charge in [0.15, 0.2) is 0 Å². The fourth-order valence-corrected chi connectivity index (χ4v) is 8.10. The van der Waals surface area contributed by atoms with Crippen LogP contribution in [0.2, 0.25) is 10.0 Å². The van der Waals surface area contributed by atoms with Crippen LogP contribution >= 0.6 is 35.0 Å². The van der Waals surface area contributed by atoms with Gasteiger partial charge in [0.05, 0.1) is 22.1 Å². The van der Waals surface area contributed by atoms with Crippen molar-refractivity contribution in [3.63, 3.8) is 0 Å². The second-order valence-corrected chi connectivity index (χ2v) is 14.0. The Balaban J connectivity index is 1.69. The quantitative estimate of drug-likeness (QED) is 0.451. The summed E-state index contributed by atoms with van der Waals surface area (Å²) in [6, 6.07) is 8.55. The Hall–Kier alpha value is -1.64. The van der Waals surface area contributed by atoms with Gasteiger partial charge in [0, 0.05) is 27.9 Å². The lowest BCUT2D eigenvalue weighted by atomic mass is 9.62. The largest absolute Gasteiger partial charge is 0.390 e. The minimum Gasteiger partial charge on any atom is -0.390 e. The molecule has 198 valence electrons. The predicted octanol–water partition coefficient (Wildman–Crippen LogP) is 5.59. The summed E-state index contributed by atoms with van der Waals surface area (Å²) in [4.78, 5) is 28.7.